The number of primary amides is 1. The van der Waals surface area contributed by atoms with Crippen LogP contribution in [-0.4, -0.2) is 20.1 Å². The topological polar surface area (TPSA) is 64.3 Å². The third kappa shape index (κ3) is 2.74. The Labute approximate surface area is 100.0 Å². The summed E-state index contributed by atoms with van der Waals surface area (Å²) in [6.45, 7) is 1.71. The quantitative estimate of drug-likeness (QED) is 0.811. The molecule has 1 unspecified atom stereocenters. The maximum absolute atomic E-state index is 13.9. The highest BCUT2D eigenvalue weighted by Crippen LogP contribution is 2.34. The third-order valence-electron chi connectivity index (χ3n) is 2.83. The molecule has 1 aromatic carbocycles. The first kappa shape index (κ1) is 13.4. The SMILES string of the molecule is CNC(C)(CC(N)=O)c1c(F)cccc1OC. The van der Waals surface area contributed by atoms with Gasteiger partial charge >= 0.3 is 0 Å². The second kappa shape index (κ2) is 5.14. The Morgan fingerprint density at radius 2 is 2.24 bits per heavy atom. The molecular formula is C12H17FN2O2. The number of carbonyl (C=O) groups is 1. The van der Waals surface area contributed by atoms with Crippen molar-refractivity contribution >= 4 is 5.91 Å². The van der Waals surface area contributed by atoms with E-state index >= 15 is 0 Å². The van der Waals surface area contributed by atoms with Crippen molar-refractivity contribution in [3.8, 4) is 5.75 Å². The van der Waals surface area contributed by atoms with Gasteiger partial charge in [0.15, 0.2) is 0 Å². The van der Waals surface area contributed by atoms with Gasteiger partial charge in [-0.2, -0.15) is 0 Å². The van der Waals surface area contributed by atoms with Crippen molar-refractivity contribution in [3.63, 3.8) is 0 Å². The summed E-state index contributed by atoms with van der Waals surface area (Å²) in [5.74, 6) is -0.544. The maximum Gasteiger partial charge on any atom is 0.219 e. The van der Waals surface area contributed by atoms with Crippen LogP contribution in [0.5, 0.6) is 5.75 Å². The van der Waals surface area contributed by atoms with E-state index in [1.165, 1.54) is 13.2 Å². The van der Waals surface area contributed by atoms with E-state index in [1.807, 2.05) is 0 Å². The molecule has 0 spiro atoms. The zero-order valence-electron chi connectivity index (χ0n) is 10.2. The molecule has 0 aliphatic carbocycles. The highest BCUT2D eigenvalue weighted by molar-refractivity contribution is 5.75. The average Bonchev–Trinajstić information content (AvgIpc) is 2.27. The van der Waals surface area contributed by atoms with Gasteiger partial charge in [0.2, 0.25) is 5.91 Å². The van der Waals surface area contributed by atoms with Crippen molar-refractivity contribution in [1.82, 2.24) is 5.32 Å². The van der Waals surface area contributed by atoms with E-state index in [1.54, 1.807) is 26.1 Å². The van der Waals surface area contributed by atoms with Crippen LogP contribution in [0.25, 0.3) is 0 Å². The van der Waals surface area contributed by atoms with Crippen LogP contribution in [0.15, 0.2) is 18.2 Å². The minimum atomic E-state index is -0.886. The molecule has 0 aromatic heterocycles. The lowest BCUT2D eigenvalue weighted by molar-refractivity contribution is -0.119. The molecule has 1 amide bonds. The van der Waals surface area contributed by atoms with Crippen molar-refractivity contribution < 1.29 is 13.9 Å². The van der Waals surface area contributed by atoms with Gasteiger partial charge in [0.05, 0.1) is 18.2 Å². The molecule has 0 aliphatic rings. The number of benzene rings is 1. The molecule has 1 aromatic rings. The van der Waals surface area contributed by atoms with Gasteiger partial charge in [-0.05, 0) is 26.1 Å². The number of ether oxygens (including phenoxy) is 1. The number of halogens is 1. The Bertz CT molecular complexity index is 423. The smallest absolute Gasteiger partial charge is 0.219 e. The van der Waals surface area contributed by atoms with Crippen LogP contribution in [-0.2, 0) is 10.3 Å². The van der Waals surface area contributed by atoms with Crippen molar-refractivity contribution in [3.05, 3.63) is 29.6 Å². The van der Waals surface area contributed by atoms with Crippen molar-refractivity contribution in [2.75, 3.05) is 14.2 Å². The molecule has 0 bridgehead atoms. The van der Waals surface area contributed by atoms with E-state index in [0.29, 0.717) is 11.3 Å². The van der Waals surface area contributed by atoms with Crippen molar-refractivity contribution in [1.29, 1.82) is 0 Å². The largest absolute Gasteiger partial charge is 0.496 e. The Kier molecular flexibility index (Phi) is 4.07. The molecule has 1 rings (SSSR count). The van der Waals surface area contributed by atoms with Crippen molar-refractivity contribution in [2.24, 2.45) is 5.73 Å². The summed E-state index contributed by atoms with van der Waals surface area (Å²) in [6, 6.07) is 4.53. The molecule has 5 heteroatoms. The van der Waals surface area contributed by atoms with Crippen LogP contribution in [0, 0.1) is 5.82 Å². The van der Waals surface area contributed by atoms with Gasteiger partial charge in [-0.3, -0.25) is 4.79 Å². The summed E-state index contributed by atoms with van der Waals surface area (Å²) in [7, 11) is 3.10. The summed E-state index contributed by atoms with van der Waals surface area (Å²) >= 11 is 0. The highest BCUT2D eigenvalue weighted by atomic mass is 19.1. The number of carbonyl (C=O) groups excluding carboxylic acids is 1. The zero-order valence-corrected chi connectivity index (χ0v) is 10.2. The fourth-order valence-corrected chi connectivity index (χ4v) is 1.86. The lowest BCUT2D eigenvalue weighted by atomic mass is 9.87. The predicted molar refractivity (Wildman–Crippen MR) is 63.2 cm³/mol. The van der Waals surface area contributed by atoms with Crippen LogP contribution in [0.1, 0.15) is 18.9 Å². The molecule has 0 heterocycles. The molecule has 94 valence electrons. The average molecular weight is 240 g/mol. The zero-order chi connectivity index (χ0) is 13.1. The van der Waals surface area contributed by atoms with Gasteiger partial charge < -0.3 is 15.8 Å². The molecule has 0 aliphatic heterocycles. The molecular weight excluding hydrogens is 223 g/mol. The molecule has 0 saturated carbocycles. The summed E-state index contributed by atoms with van der Waals surface area (Å²) in [4.78, 5) is 11.1. The molecule has 0 saturated heterocycles. The van der Waals surface area contributed by atoms with E-state index in [4.69, 9.17) is 10.5 Å². The van der Waals surface area contributed by atoms with Gasteiger partial charge in [0.25, 0.3) is 0 Å². The number of rotatable bonds is 5. The van der Waals surface area contributed by atoms with Gasteiger partial charge in [0, 0.05) is 6.42 Å². The van der Waals surface area contributed by atoms with Crippen molar-refractivity contribution in [2.45, 2.75) is 18.9 Å². The third-order valence-corrected chi connectivity index (χ3v) is 2.83. The van der Waals surface area contributed by atoms with Crippen LogP contribution >= 0.6 is 0 Å². The lowest BCUT2D eigenvalue weighted by Crippen LogP contribution is -2.41. The van der Waals surface area contributed by atoms with Crippen LogP contribution in [0.3, 0.4) is 0 Å². The summed E-state index contributed by atoms with van der Waals surface area (Å²) in [5.41, 5.74) is 4.61. The summed E-state index contributed by atoms with van der Waals surface area (Å²) in [6.07, 6.45) is -0.0131. The van der Waals surface area contributed by atoms with Gasteiger partial charge in [-0.15, -0.1) is 0 Å². The van der Waals surface area contributed by atoms with Gasteiger partial charge in [0.1, 0.15) is 11.6 Å². The van der Waals surface area contributed by atoms with E-state index in [0.717, 1.165) is 0 Å². The fraction of sp³-hybridized carbons (Fsp3) is 0.417. The Morgan fingerprint density at radius 1 is 1.59 bits per heavy atom. The van der Waals surface area contributed by atoms with E-state index in [9.17, 15) is 9.18 Å². The predicted octanol–water partition coefficient (Wildman–Crippen LogP) is 1.14. The minimum Gasteiger partial charge on any atom is -0.496 e. The van der Waals surface area contributed by atoms with E-state index in [2.05, 4.69) is 5.32 Å². The molecule has 0 radical (unpaired) electrons. The van der Waals surface area contributed by atoms with Crippen LogP contribution < -0.4 is 15.8 Å². The number of hydrogen-bond acceptors (Lipinski definition) is 3. The Hall–Kier alpha value is -1.62. The Morgan fingerprint density at radius 3 is 2.71 bits per heavy atom. The number of methoxy groups -OCH3 is 1. The van der Waals surface area contributed by atoms with E-state index in [-0.39, 0.29) is 6.42 Å². The monoisotopic (exact) mass is 240 g/mol. The number of hydrogen-bond donors (Lipinski definition) is 2. The van der Waals surface area contributed by atoms with Gasteiger partial charge in [-0.25, -0.2) is 4.39 Å². The highest BCUT2D eigenvalue weighted by Gasteiger charge is 2.32. The first-order chi connectivity index (χ1) is 7.94. The first-order valence-electron chi connectivity index (χ1n) is 5.25. The molecule has 17 heavy (non-hydrogen) atoms. The molecule has 4 nitrogen and oxygen atoms in total. The molecule has 3 N–H and O–H groups in total. The minimum absolute atomic E-state index is 0.0131. The number of nitrogens with two attached hydrogens (primary N) is 1. The van der Waals surface area contributed by atoms with E-state index < -0.39 is 17.3 Å². The lowest BCUT2D eigenvalue weighted by Gasteiger charge is -2.30. The van der Waals surface area contributed by atoms with Crippen LogP contribution in [0.2, 0.25) is 0 Å². The number of nitrogens with one attached hydrogen (secondary N) is 1. The standard InChI is InChI=1S/C12H17FN2O2/c1-12(15-2,7-10(14)16)11-8(13)5-4-6-9(11)17-3/h4-6,15H,7H2,1-3H3,(H2,14,16). The molecule has 1 atom stereocenters. The molecule has 0 fully saturated rings. The fourth-order valence-electron chi connectivity index (χ4n) is 1.86. The van der Waals surface area contributed by atoms with Gasteiger partial charge in [-0.1, -0.05) is 6.07 Å². The summed E-state index contributed by atoms with van der Waals surface area (Å²) < 4.78 is 19.0. The summed E-state index contributed by atoms with van der Waals surface area (Å²) in [5, 5.41) is 2.92. The maximum atomic E-state index is 13.9. The number of amides is 1. The first-order valence-corrected chi connectivity index (χ1v) is 5.25. The second-order valence-electron chi connectivity index (χ2n) is 4.04. The Balaban J connectivity index is 3.32. The van der Waals surface area contributed by atoms with Crippen LogP contribution in [0.4, 0.5) is 4.39 Å². The second-order valence-corrected chi connectivity index (χ2v) is 4.04. The normalized spacial score (nSPS) is 14.1.